The van der Waals surface area contributed by atoms with Crippen molar-refractivity contribution in [3.05, 3.63) is 65.7 Å². The van der Waals surface area contributed by atoms with Gasteiger partial charge >= 0.3 is 13.6 Å². The van der Waals surface area contributed by atoms with Crippen molar-refractivity contribution in [2.75, 3.05) is 0 Å². The van der Waals surface area contributed by atoms with Gasteiger partial charge in [-0.25, -0.2) is 4.57 Å². The molecule has 0 amide bonds. The van der Waals surface area contributed by atoms with E-state index in [0.29, 0.717) is 5.75 Å². The summed E-state index contributed by atoms with van der Waals surface area (Å²) in [5, 5.41) is 8.90. The van der Waals surface area contributed by atoms with Gasteiger partial charge in [-0.1, -0.05) is 48.0 Å². The zero-order valence-corrected chi connectivity index (χ0v) is 14.4. The van der Waals surface area contributed by atoms with Gasteiger partial charge in [0.1, 0.15) is 5.75 Å². The first-order valence-electron chi connectivity index (χ1n) is 7.71. The number of aryl methyl sites for hydroxylation is 1. The van der Waals surface area contributed by atoms with Gasteiger partial charge in [-0.05, 0) is 37.5 Å². The van der Waals surface area contributed by atoms with E-state index in [2.05, 4.69) is 0 Å². The Bertz CT molecular complexity index is 712. The van der Waals surface area contributed by atoms with E-state index in [4.69, 9.17) is 9.63 Å². The molecule has 128 valence electrons. The Kier molecular flexibility index (Phi) is 6.18. The smallest absolute Gasteiger partial charge is 0.380 e. The number of aliphatic carboxylic acids is 1. The highest BCUT2D eigenvalue weighted by atomic mass is 31.2. The van der Waals surface area contributed by atoms with Gasteiger partial charge in [-0.2, -0.15) is 0 Å². The summed E-state index contributed by atoms with van der Waals surface area (Å²) in [6.45, 7) is 1.91. The maximum Gasteiger partial charge on any atom is 0.380 e. The quantitative estimate of drug-likeness (QED) is 0.704. The van der Waals surface area contributed by atoms with Crippen molar-refractivity contribution in [2.24, 2.45) is 0 Å². The molecule has 0 bridgehead atoms. The fraction of sp³-hybridized carbons (Fsp3) is 0.278. The van der Waals surface area contributed by atoms with Gasteiger partial charge in [0.05, 0.1) is 5.66 Å². The molecular formula is C18H21O5P. The van der Waals surface area contributed by atoms with Crippen LogP contribution in [0.1, 0.15) is 24.0 Å². The first-order chi connectivity index (χ1) is 11.4. The number of hydrogen-bond donors (Lipinski definition) is 2. The number of rotatable bonds is 8. The molecule has 2 aromatic rings. The molecule has 2 N–H and O–H groups in total. The van der Waals surface area contributed by atoms with Crippen LogP contribution in [-0.2, 0) is 15.8 Å². The lowest BCUT2D eigenvalue weighted by atomic mass is 10.1. The summed E-state index contributed by atoms with van der Waals surface area (Å²) in [5.41, 5.74) is 1.11. The molecule has 0 aromatic heterocycles. The lowest BCUT2D eigenvalue weighted by molar-refractivity contribution is -0.137. The van der Waals surface area contributed by atoms with Crippen LogP contribution in [0.2, 0.25) is 0 Å². The summed E-state index contributed by atoms with van der Waals surface area (Å²) in [6, 6.07) is 16.1. The van der Waals surface area contributed by atoms with Crippen molar-refractivity contribution in [1.29, 1.82) is 0 Å². The molecule has 2 rings (SSSR count). The Morgan fingerprint density at radius 3 is 2.33 bits per heavy atom. The van der Waals surface area contributed by atoms with Crippen molar-refractivity contribution in [2.45, 2.75) is 31.8 Å². The second-order valence-corrected chi connectivity index (χ2v) is 7.79. The van der Waals surface area contributed by atoms with Crippen molar-refractivity contribution >= 4 is 13.6 Å². The van der Waals surface area contributed by atoms with E-state index in [1.807, 2.05) is 37.3 Å². The van der Waals surface area contributed by atoms with Gasteiger partial charge in [0.25, 0.3) is 0 Å². The zero-order valence-electron chi connectivity index (χ0n) is 13.5. The van der Waals surface area contributed by atoms with Crippen LogP contribution < -0.4 is 4.52 Å². The largest absolute Gasteiger partial charge is 0.481 e. The van der Waals surface area contributed by atoms with Crippen LogP contribution in [-0.4, -0.2) is 21.6 Å². The monoisotopic (exact) mass is 348 g/mol. The maximum absolute atomic E-state index is 12.7. The molecule has 0 aliphatic carbocycles. The molecule has 2 atom stereocenters. The number of benzene rings is 2. The van der Waals surface area contributed by atoms with E-state index in [1.165, 1.54) is 0 Å². The van der Waals surface area contributed by atoms with Crippen LogP contribution in [0.25, 0.3) is 0 Å². The van der Waals surface area contributed by atoms with E-state index >= 15 is 0 Å². The Balaban J connectivity index is 2.17. The molecule has 0 saturated carbocycles. The van der Waals surface area contributed by atoms with Crippen LogP contribution in [0, 0.1) is 6.92 Å². The topological polar surface area (TPSA) is 83.8 Å². The van der Waals surface area contributed by atoms with Crippen molar-refractivity contribution in [3.8, 4) is 5.75 Å². The molecule has 24 heavy (non-hydrogen) atoms. The maximum atomic E-state index is 12.7. The van der Waals surface area contributed by atoms with E-state index in [9.17, 15) is 14.3 Å². The highest BCUT2D eigenvalue weighted by Crippen LogP contribution is 2.50. The summed E-state index contributed by atoms with van der Waals surface area (Å²) < 4.78 is 18.1. The molecule has 0 aliphatic heterocycles. The zero-order chi connectivity index (χ0) is 17.6. The molecule has 0 radical (unpaired) electrons. The third-order valence-electron chi connectivity index (χ3n) is 3.72. The van der Waals surface area contributed by atoms with Gasteiger partial charge in [-0.15, -0.1) is 0 Å². The molecule has 0 fully saturated rings. The number of carboxylic acids is 1. The summed E-state index contributed by atoms with van der Waals surface area (Å²) in [5.74, 6) is -0.691. The summed E-state index contributed by atoms with van der Waals surface area (Å²) in [6.07, 6.45) is 0.178. The fourth-order valence-corrected chi connectivity index (χ4v) is 3.85. The third-order valence-corrected chi connectivity index (χ3v) is 5.56. The Labute approximate surface area is 141 Å². The minimum atomic E-state index is -4.02. The molecule has 0 heterocycles. The Morgan fingerprint density at radius 2 is 1.75 bits per heavy atom. The summed E-state index contributed by atoms with van der Waals surface area (Å²) in [4.78, 5) is 21.3. The van der Waals surface area contributed by atoms with Gasteiger partial charge in [-0.3, -0.25) is 4.79 Å². The lowest BCUT2D eigenvalue weighted by Crippen LogP contribution is -2.17. The molecule has 0 aliphatic rings. The average Bonchev–Trinajstić information content (AvgIpc) is 2.54. The van der Waals surface area contributed by atoms with E-state index < -0.39 is 19.2 Å². The summed E-state index contributed by atoms with van der Waals surface area (Å²) >= 11 is 0. The summed E-state index contributed by atoms with van der Waals surface area (Å²) in [7, 11) is -4.02. The molecule has 1 unspecified atom stereocenters. The molecule has 5 nitrogen and oxygen atoms in total. The number of hydrogen-bond acceptors (Lipinski definition) is 3. The Morgan fingerprint density at radius 1 is 1.12 bits per heavy atom. The highest BCUT2D eigenvalue weighted by Gasteiger charge is 2.34. The molecule has 2 aromatic carbocycles. The normalized spacial score (nSPS) is 14.6. The average molecular weight is 348 g/mol. The van der Waals surface area contributed by atoms with Crippen molar-refractivity contribution in [1.82, 2.24) is 0 Å². The van der Waals surface area contributed by atoms with Gasteiger partial charge in [0.15, 0.2) is 0 Å². The van der Waals surface area contributed by atoms with Crippen molar-refractivity contribution in [3.63, 3.8) is 0 Å². The first kappa shape index (κ1) is 18.2. The fourth-order valence-electron chi connectivity index (χ4n) is 2.38. The second-order valence-electron chi connectivity index (χ2n) is 5.74. The molecule has 0 saturated heterocycles. The standard InChI is InChI=1S/C18H21O5P/c1-14-7-9-16(10-8-14)23-24(21,22)17(11-12-18(19)20)13-15-5-3-2-4-6-15/h2-10,17H,11-13H2,1H3,(H,19,20)(H,21,22)/t17-/m0/s1. The van der Waals surface area contributed by atoms with Crippen molar-refractivity contribution < 1.29 is 23.9 Å². The molecular weight excluding hydrogens is 327 g/mol. The predicted molar refractivity (Wildman–Crippen MR) is 92.4 cm³/mol. The minimum Gasteiger partial charge on any atom is -0.481 e. The predicted octanol–water partition coefficient (Wildman–Crippen LogP) is 4.04. The van der Waals surface area contributed by atoms with Crippen LogP contribution in [0.4, 0.5) is 0 Å². The minimum absolute atomic E-state index is 0.0733. The van der Waals surface area contributed by atoms with Gasteiger partial charge in [0.2, 0.25) is 0 Å². The molecule has 0 spiro atoms. The van der Waals surface area contributed by atoms with Gasteiger partial charge in [0, 0.05) is 6.42 Å². The SMILES string of the molecule is Cc1ccc(OP(=O)(O)[C@@H](CCC(=O)O)Cc2ccccc2)cc1. The third kappa shape index (κ3) is 5.52. The number of carboxylic acid groups (broad SMARTS) is 1. The van der Waals surface area contributed by atoms with E-state index in [0.717, 1.165) is 11.1 Å². The van der Waals surface area contributed by atoms with E-state index in [-0.39, 0.29) is 19.3 Å². The van der Waals surface area contributed by atoms with Crippen LogP contribution in [0.3, 0.4) is 0 Å². The number of carbonyl (C=O) groups is 1. The molecule has 6 heteroatoms. The Hall–Kier alpha value is -2.10. The second kappa shape index (κ2) is 8.13. The highest BCUT2D eigenvalue weighted by molar-refractivity contribution is 7.54. The first-order valence-corrected chi connectivity index (χ1v) is 9.36. The van der Waals surface area contributed by atoms with Crippen LogP contribution in [0.5, 0.6) is 5.75 Å². The van der Waals surface area contributed by atoms with Crippen LogP contribution in [0.15, 0.2) is 54.6 Å². The van der Waals surface area contributed by atoms with Gasteiger partial charge < -0.3 is 14.5 Å². The van der Waals surface area contributed by atoms with E-state index in [1.54, 1.807) is 24.3 Å². The lowest BCUT2D eigenvalue weighted by Gasteiger charge is -2.23. The van der Waals surface area contributed by atoms with Crippen LogP contribution >= 0.6 is 7.60 Å².